The first-order valence-electron chi connectivity index (χ1n) is 5.83. The molecule has 0 saturated heterocycles. The molecule has 17 heavy (non-hydrogen) atoms. The van der Waals surface area contributed by atoms with Gasteiger partial charge in [-0.3, -0.25) is 0 Å². The zero-order valence-electron chi connectivity index (χ0n) is 10.9. The Morgan fingerprint density at radius 2 is 2.00 bits per heavy atom. The zero-order chi connectivity index (χ0) is 12.5. The van der Waals surface area contributed by atoms with Gasteiger partial charge in [0, 0.05) is 30.9 Å². The molecule has 0 aliphatic carbocycles. The molecule has 0 spiro atoms. The average molecular weight is 236 g/mol. The molecule has 0 aromatic heterocycles. The van der Waals surface area contributed by atoms with Crippen molar-refractivity contribution in [2.24, 2.45) is 0 Å². The Kier molecular flexibility index (Phi) is 3.15. The van der Waals surface area contributed by atoms with E-state index in [0.29, 0.717) is 6.79 Å². The molecule has 4 nitrogen and oxygen atoms in total. The van der Waals surface area contributed by atoms with Crippen molar-refractivity contribution in [3.05, 3.63) is 18.2 Å². The van der Waals surface area contributed by atoms with Gasteiger partial charge in [0.1, 0.15) is 0 Å². The Labute approximate surface area is 103 Å². The molecule has 2 rings (SSSR count). The normalized spacial score (nSPS) is 13.9. The van der Waals surface area contributed by atoms with Gasteiger partial charge in [-0.2, -0.15) is 0 Å². The van der Waals surface area contributed by atoms with Crippen LogP contribution in [-0.4, -0.2) is 33.0 Å². The predicted octanol–water partition coefficient (Wildman–Crippen LogP) is 1.85. The van der Waals surface area contributed by atoms with Gasteiger partial charge in [0.2, 0.25) is 6.79 Å². The third-order valence-corrected chi connectivity index (χ3v) is 3.26. The van der Waals surface area contributed by atoms with Crippen molar-refractivity contribution >= 4 is 5.69 Å². The number of nitrogens with one attached hydrogen (secondary N) is 1. The van der Waals surface area contributed by atoms with Crippen LogP contribution in [0.5, 0.6) is 11.5 Å². The number of nitrogens with zero attached hydrogens (tertiary/aromatic N) is 1. The van der Waals surface area contributed by atoms with Crippen LogP contribution in [0.1, 0.15) is 13.8 Å². The summed E-state index contributed by atoms with van der Waals surface area (Å²) in [4.78, 5) is 2.24. The minimum absolute atomic E-state index is 0.0441. The van der Waals surface area contributed by atoms with Crippen molar-refractivity contribution in [3.63, 3.8) is 0 Å². The van der Waals surface area contributed by atoms with Gasteiger partial charge in [-0.15, -0.1) is 0 Å². The van der Waals surface area contributed by atoms with E-state index in [0.717, 1.165) is 23.7 Å². The second kappa shape index (κ2) is 4.45. The molecule has 0 amide bonds. The van der Waals surface area contributed by atoms with E-state index in [-0.39, 0.29) is 5.54 Å². The van der Waals surface area contributed by atoms with Crippen LogP contribution in [-0.2, 0) is 0 Å². The zero-order valence-corrected chi connectivity index (χ0v) is 10.9. The summed E-state index contributed by atoms with van der Waals surface area (Å²) in [6.07, 6.45) is 0. The van der Waals surface area contributed by atoms with E-state index in [1.54, 1.807) is 0 Å². The van der Waals surface area contributed by atoms with Crippen LogP contribution >= 0.6 is 0 Å². The topological polar surface area (TPSA) is 33.7 Å². The second-order valence-electron chi connectivity index (χ2n) is 4.94. The summed E-state index contributed by atoms with van der Waals surface area (Å²) in [5.74, 6) is 1.66. The van der Waals surface area contributed by atoms with Gasteiger partial charge in [0.15, 0.2) is 11.5 Å². The van der Waals surface area contributed by atoms with Crippen LogP contribution < -0.4 is 19.7 Å². The van der Waals surface area contributed by atoms with Crippen molar-refractivity contribution in [2.75, 3.05) is 32.3 Å². The van der Waals surface area contributed by atoms with Crippen LogP contribution in [0, 0.1) is 0 Å². The number of benzene rings is 1. The molecule has 0 saturated carbocycles. The molecule has 1 aliphatic heterocycles. The standard InChI is InChI=1S/C13H20N2O2/c1-13(2,8-14-3)15(4)10-5-6-11-12(7-10)17-9-16-11/h5-7,14H,8-9H2,1-4H3. The number of ether oxygens (including phenoxy) is 2. The van der Waals surface area contributed by atoms with E-state index in [1.165, 1.54) is 0 Å². The summed E-state index contributed by atoms with van der Waals surface area (Å²) < 4.78 is 10.7. The second-order valence-corrected chi connectivity index (χ2v) is 4.94. The monoisotopic (exact) mass is 236 g/mol. The minimum atomic E-state index is 0.0441. The van der Waals surface area contributed by atoms with Crippen molar-refractivity contribution in [2.45, 2.75) is 19.4 Å². The molecule has 1 N–H and O–H groups in total. The molecule has 0 radical (unpaired) electrons. The number of rotatable bonds is 4. The van der Waals surface area contributed by atoms with E-state index in [9.17, 15) is 0 Å². The van der Waals surface area contributed by atoms with Crippen LogP contribution in [0.3, 0.4) is 0 Å². The van der Waals surface area contributed by atoms with E-state index < -0.39 is 0 Å². The largest absolute Gasteiger partial charge is 0.454 e. The third kappa shape index (κ3) is 2.31. The Balaban J connectivity index is 2.22. The maximum Gasteiger partial charge on any atom is 0.231 e. The number of hydrogen-bond acceptors (Lipinski definition) is 4. The number of fused-ring (bicyclic) bond motifs is 1. The van der Waals surface area contributed by atoms with Crippen molar-refractivity contribution in [1.82, 2.24) is 5.32 Å². The molecule has 4 heteroatoms. The van der Waals surface area contributed by atoms with Gasteiger partial charge in [-0.05, 0) is 33.0 Å². The molecule has 0 atom stereocenters. The van der Waals surface area contributed by atoms with Crippen LogP contribution in [0.25, 0.3) is 0 Å². The quantitative estimate of drug-likeness (QED) is 0.865. The molecular formula is C13H20N2O2. The highest BCUT2D eigenvalue weighted by atomic mass is 16.7. The summed E-state index contributed by atoms with van der Waals surface area (Å²) in [6.45, 7) is 5.64. The molecule has 0 fully saturated rings. The molecule has 0 unspecified atom stereocenters. The highest BCUT2D eigenvalue weighted by Crippen LogP contribution is 2.36. The third-order valence-electron chi connectivity index (χ3n) is 3.26. The fraction of sp³-hybridized carbons (Fsp3) is 0.538. The van der Waals surface area contributed by atoms with Gasteiger partial charge >= 0.3 is 0 Å². The van der Waals surface area contributed by atoms with Gasteiger partial charge in [0.05, 0.1) is 0 Å². The lowest BCUT2D eigenvalue weighted by Crippen LogP contribution is -2.48. The smallest absolute Gasteiger partial charge is 0.231 e. The molecular weight excluding hydrogens is 216 g/mol. The summed E-state index contributed by atoms with van der Waals surface area (Å²) in [7, 11) is 4.06. The molecule has 1 heterocycles. The highest BCUT2D eigenvalue weighted by Gasteiger charge is 2.24. The maximum atomic E-state index is 5.40. The predicted molar refractivity (Wildman–Crippen MR) is 69.0 cm³/mol. The SMILES string of the molecule is CNCC(C)(C)N(C)c1ccc2c(c1)OCO2. The fourth-order valence-electron chi connectivity index (χ4n) is 1.99. The minimum Gasteiger partial charge on any atom is -0.454 e. The molecule has 1 aromatic carbocycles. The fourth-order valence-corrected chi connectivity index (χ4v) is 1.99. The van der Waals surface area contributed by atoms with Crippen LogP contribution in [0.4, 0.5) is 5.69 Å². The first kappa shape index (κ1) is 12.0. The maximum absolute atomic E-state index is 5.40. The number of anilines is 1. The lowest BCUT2D eigenvalue weighted by Gasteiger charge is -2.37. The summed E-state index contributed by atoms with van der Waals surface area (Å²) in [6, 6.07) is 6.05. The Morgan fingerprint density at radius 3 is 2.71 bits per heavy atom. The average Bonchev–Trinajstić information content (AvgIpc) is 2.74. The van der Waals surface area contributed by atoms with Gasteiger partial charge in [0.25, 0.3) is 0 Å². The summed E-state index contributed by atoms with van der Waals surface area (Å²) >= 11 is 0. The van der Waals surface area contributed by atoms with E-state index >= 15 is 0 Å². The van der Waals surface area contributed by atoms with E-state index in [1.807, 2.05) is 19.2 Å². The van der Waals surface area contributed by atoms with E-state index in [4.69, 9.17) is 9.47 Å². The van der Waals surface area contributed by atoms with E-state index in [2.05, 4.69) is 37.2 Å². The summed E-state index contributed by atoms with van der Waals surface area (Å²) in [5, 5.41) is 3.21. The van der Waals surface area contributed by atoms with Crippen LogP contribution in [0.2, 0.25) is 0 Å². The summed E-state index contributed by atoms with van der Waals surface area (Å²) in [5.41, 5.74) is 1.18. The number of likely N-dealkylation sites (N-methyl/N-ethyl adjacent to an activating group) is 2. The Bertz CT molecular complexity index is 404. The molecule has 1 aromatic rings. The van der Waals surface area contributed by atoms with Gasteiger partial charge in [-0.25, -0.2) is 0 Å². The molecule has 0 bridgehead atoms. The first-order chi connectivity index (χ1) is 8.04. The molecule has 1 aliphatic rings. The van der Waals surface area contributed by atoms with Gasteiger partial charge in [-0.1, -0.05) is 0 Å². The first-order valence-corrected chi connectivity index (χ1v) is 5.83. The van der Waals surface area contributed by atoms with Crippen molar-refractivity contribution < 1.29 is 9.47 Å². The van der Waals surface area contributed by atoms with Gasteiger partial charge < -0.3 is 19.7 Å². The molecule has 94 valence electrons. The Morgan fingerprint density at radius 1 is 1.29 bits per heavy atom. The number of hydrogen-bond donors (Lipinski definition) is 1. The van der Waals surface area contributed by atoms with Crippen molar-refractivity contribution in [1.29, 1.82) is 0 Å². The van der Waals surface area contributed by atoms with Crippen LogP contribution in [0.15, 0.2) is 18.2 Å². The highest BCUT2D eigenvalue weighted by molar-refractivity contribution is 5.58. The lowest BCUT2D eigenvalue weighted by molar-refractivity contribution is 0.174. The Hall–Kier alpha value is -1.42. The van der Waals surface area contributed by atoms with Crippen molar-refractivity contribution in [3.8, 4) is 11.5 Å². The lowest BCUT2D eigenvalue weighted by atomic mass is 10.0.